The summed E-state index contributed by atoms with van der Waals surface area (Å²) in [6, 6.07) is 0. The third kappa shape index (κ3) is 2.58. The number of aliphatic hydroxyl groups is 2. The number of nitrogens with zero attached hydrogens (tertiary/aromatic N) is 1. The smallest absolute Gasteiger partial charge is 0.109 e. The van der Waals surface area contributed by atoms with Gasteiger partial charge in [-0.1, -0.05) is 9.39 Å². The van der Waals surface area contributed by atoms with Gasteiger partial charge in [0.2, 0.25) is 0 Å². The largest absolute Gasteiger partial charge is 0.378 e. The van der Waals surface area contributed by atoms with E-state index in [2.05, 4.69) is 9.39 Å². The lowest BCUT2D eigenvalue weighted by molar-refractivity contribution is -0.0175. The van der Waals surface area contributed by atoms with Gasteiger partial charge in [0, 0.05) is 0 Å². The lowest BCUT2D eigenvalue weighted by Gasteiger charge is -2.21. The van der Waals surface area contributed by atoms with E-state index in [1.807, 2.05) is 0 Å². The van der Waals surface area contributed by atoms with Crippen molar-refractivity contribution in [2.45, 2.75) is 26.3 Å². The van der Waals surface area contributed by atoms with Gasteiger partial charge in [0.25, 0.3) is 0 Å². The Balaban J connectivity index is 3.46. The Morgan fingerprint density at radius 2 is 1.50 bits per heavy atom. The van der Waals surface area contributed by atoms with E-state index < -0.39 is 12.5 Å². The van der Waals surface area contributed by atoms with Crippen molar-refractivity contribution in [3.05, 3.63) is 0 Å². The third-order valence-corrected chi connectivity index (χ3v) is 1.73. The fourth-order valence-electron chi connectivity index (χ4n) is 0.312. The van der Waals surface area contributed by atoms with Gasteiger partial charge < -0.3 is 10.2 Å². The molecule has 4 heteroatoms. The van der Waals surface area contributed by atoms with Crippen LogP contribution >= 0.6 is 9.39 Å². The van der Waals surface area contributed by atoms with Crippen molar-refractivity contribution in [3.8, 4) is 0 Å². The molecule has 50 valence electrons. The van der Waals surface area contributed by atoms with Crippen LogP contribution in [-0.4, -0.2) is 27.3 Å². The normalized spacial score (nSPS) is 18.8. The van der Waals surface area contributed by atoms with Gasteiger partial charge in [0.05, 0.1) is 0 Å². The topological polar surface area (TPSA) is 43.7 Å². The summed E-state index contributed by atoms with van der Waals surface area (Å²) in [5.74, 6) is 0. The molecule has 0 aromatic heterocycles. The molecule has 0 rings (SSSR count). The van der Waals surface area contributed by atoms with Crippen LogP contribution in [0.2, 0.25) is 0 Å². The second kappa shape index (κ2) is 3.36. The summed E-state index contributed by atoms with van der Waals surface area (Å²) in [6.45, 7) is 3.17. The van der Waals surface area contributed by atoms with Crippen LogP contribution in [0, 0.1) is 0 Å². The molecule has 0 aliphatic carbocycles. The van der Waals surface area contributed by atoms with E-state index in [1.54, 1.807) is 13.8 Å². The van der Waals surface area contributed by atoms with Crippen molar-refractivity contribution in [3.63, 3.8) is 0 Å². The fraction of sp³-hybridized carbons (Fsp3) is 1.00. The quantitative estimate of drug-likeness (QED) is 0.407. The maximum Gasteiger partial charge on any atom is 0.109 e. The molecule has 0 heterocycles. The summed E-state index contributed by atoms with van der Waals surface area (Å²) in [7, 11) is 2.22. The van der Waals surface area contributed by atoms with Crippen molar-refractivity contribution < 1.29 is 10.2 Å². The Labute approximate surface area is 51.6 Å². The lowest BCUT2D eigenvalue weighted by Crippen LogP contribution is -2.30. The van der Waals surface area contributed by atoms with Gasteiger partial charge in [-0.25, -0.2) is 4.67 Å². The lowest BCUT2D eigenvalue weighted by atomic mass is 10.6. The van der Waals surface area contributed by atoms with Gasteiger partial charge in [-0.2, -0.15) is 0 Å². The van der Waals surface area contributed by atoms with Gasteiger partial charge in [-0.3, -0.25) is 0 Å². The molecule has 3 unspecified atom stereocenters. The maximum atomic E-state index is 8.74. The van der Waals surface area contributed by atoms with Gasteiger partial charge in [0.1, 0.15) is 12.5 Å². The van der Waals surface area contributed by atoms with E-state index in [4.69, 9.17) is 10.2 Å². The van der Waals surface area contributed by atoms with E-state index in [0.29, 0.717) is 0 Å². The Bertz CT molecular complexity index is 59.1. The van der Waals surface area contributed by atoms with E-state index in [1.165, 1.54) is 4.67 Å². The molecule has 8 heavy (non-hydrogen) atoms. The molecule has 0 spiro atoms. The molecule has 0 aliphatic heterocycles. The molecule has 3 atom stereocenters. The zero-order chi connectivity index (χ0) is 6.73. The Kier molecular flexibility index (Phi) is 3.49. The average Bonchev–Trinajstić information content (AvgIpc) is 1.64. The first-order valence-electron chi connectivity index (χ1n) is 2.45. The Morgan fingerprint density at radius 1 is 1.25 bits per heavy atom. The van der Waals surface area contributed by atoms with Gasteiger partial charge in [-0.15, -0.1) is 0 Å². The van der Waals surface area contributed by atoms with Crippen LogP contribution in [0.3, 0.4) is 0 Å². The number of hydrogen-bond acceptors (Lipinski definition) is 3. The molecule has 3 nitrogen and oxygen atoms in total. The summed E-state index contributed by atoms with van der Waals surface area (Å²) in [6.07, 6.45) is -1.22. The van der Waals surface area contributed by atoms with Crippen LogP contribution in [0.15, 0.2) is 0 Å². The van der Waals surface area contributed by atoms with Crippen molar-refractivity contribution in [2.24, 2.45) is 0 Å². The molecule has 0 aliphatic rings. The van der Waals surface area contributed by atoms with E-state index in [-0.39, 0.29) is 0 Å². The summed E-state index contributed by atoms with van der Waals surface area (Å²) in [4.78, 5) is 0. The van der Waals surface area contributed by atoms with Crippen LogP contribution in [0.4, 0.5) is 0 Å². The van der Waals surface area contributed by atoms with Crippen LogP contribution in [0.1, 0.15) is 13.8 Å². The summed E-state index contributed by atoms with van der Waals surface area (Å²) in [5, 5.41) is 17.5. The van der Waals surface area contributed by atoms with Crippen molar-refractivity contribution in [2.75, 3.05) is 0 Å². The molecule has 0 amide bonds. The van der Waals surface area contributed by atoms with E-state index >= 15 is 0 Å². The molecule has 0 saturated carbocycles. The van der Waals surface area contributed by atoms with Crippen molar-refractivity contribution in [1.82, 2.24) is 4.67 Å². The zero-order valence-electron chi connectivity index (χ0n) is 5.07. The number of hydrogen-bond donors (Lipinski definition) is 2. The predicted octanol–water partition coefficient (Wildman–Crippen LogP) is -0.245. The van der Waals surface area contributed by atoms with Crippen molar-refractivity contribution >= 4 is 9.39 Å². The van der Waals surface area contributed by atoms with Crippen molar-refractivity contribution in [1.29, 1.82) is 0 Å². The van der Waals surface area contributed by atoms with E-state index in [0.717, 1.165) is 0 Å². The summed E-state index contributed by atoms with van der Waals surface area (Å²) >= 11 is 0. The molecule has 0 fully saturated rings. The van der Waals surface area contributed by atoms with Crippen LogP contribution in [0.5, 0.6) is 0 Å². The van der Waals surface area contributed by atoms with Gasteiger partial charge >= 0.3 is 0 Å². The first-order chi connectivity index (χ1) is 3.55. The highest BCUT2D eigenvalue weighted by atomic mass is 31.0. The molecule has 2 N–H and O–H groups in total. The second-order valence-electron chi connectivity index (χ2n) is 1.71. The zero-order valence-corrected chi connectivity index (χ0v) is 6.23. The van der Waals surface area contributed by atoms with Crippen LogP contribution < -0.4 is 0 Å². The highest BCUT2D eigenvalue weighted by Gasteiger charge is 2.08. The van der Waals surface area contributed by atoms with Gasteiger partial charge in [-0.05, 0) is 13.8 Å². The Morgan fingerprint density at radius 3 is 1.50 bits per heavy atom. The second-order valence-corrected chi connectivity index (χ2v) is 2.31. The monoisotopic (exact) mass is 137 g/mol. The minimum atomic E-state index is -0.611. The molecule has 0 radical (unpaired) electrons. The highest BCUT2D eigenvalue weighted by molar-refractivity contribution is 7.13. The Hall–Kier alpha value is 0.310. The van der Waals surface area contributed by atoms with Gasteiger partial charge in [0.15, 0.2) is 0 Å². The number of rotatable bonds is 2. The molecule has 0 bridgehead atoms. The third-order valence-electron chi connectivity index (χ3n) is 0.863. The SMILES string of the molecule is CC(O)N(P)C(C)O. The molecule has 0 aromatic rings. The first kappa shape index (κ1) is 8.31. The average molecular weight is 137 g/mol. The van der Waals surface area contributed by atoms with E-state index in [9.17, 15) is 0 Å². The molecular weight excluding hydrogens is 125 g/mol. The molecule has 0 aromatic carbocycles. The summed E-state index contributed by atoms with van der Waals surface area (Å²) in [5.41, 5.74) is 0. The predicted molar refractivity (Wildman–Crippen MR) is 34.9 cm³/mol. The standard InChI is InChI=1S/C4H12NO2P/c1-3(6)5(8)4(2)7/h3-4,6-7H,8H2,1-2H3. The maximum absolute atomic E-state index is 8.74. The van der Waals surface area contributed by atoms with Crippen LogP contribution in [0.25, 0.3) is 0 Å². The summed E-state index contributed by atoms with van der Waals surface area (Å²) < 4.78 is 1.36. The minimum Gasteiger partial charge on any atom is -0.378 e. The molecule has 0 saturated heterocycles. The number of aliphatic hydroxyl groups excluding tert-OH is 2. The van der Waals surface area contributed by atoms with Crippen LogP contribution in [-0.2, 0) is 0 Å². The first-order valence-corrected chi connectivity index (χ1v) is 2.96. The molecular formula is C4H12NO2P. The minimum absolute atomic E-state index is 0.611. The fourth-order valence-corrected chi connectivity index (χ4v) is 0.312. The highest BCUT2D eigenvalue weighted by Crippen LogP contribution is 2.06.